The van der Waals surface area contributed by atoms with Gasteiger partial charge in [0.1, 0.15) is 0 Å². The standard InChI is InChI=1S/C53H44N4/c1-33-26-34(31-54)16-21-39(33)40-22-20-38(56-47-14-10-8-12-41(47)45-28-36(52(2,3)4)18-24-49(45)56)30-43(40)44-27-35(32-55)17-23-50(44)57-48-15-11-9-13-42(48)46-29-37(53(5,6)7)19-25-51(46)57/h8-30H,1-7H3. The lowest BCUT2D eigenvalue weighted by Gasteiger charge is -2.21. The van der Waals surface area contributed by atoms with Crippen LogP contribution in [-0.2, 0) is 10.8 Å². The molecule has 0 radical (unpaired) electrons. The van der Waals surface area contributed by atoms with E-state index in [2.05, 4.69) is 185 Å². The number of aryl methyl sites for hydroxylation is 1. The van der Waals surface area contributed by atoms with Crippen molar-refractivity contribution in [2.75, 3.05) is 0 Å². The number of nitrogens with zero attached hydrogens (tertiary/aromatic N) is 4. The van der Waals surface area contributed by atoms with Gasteiger partial charge in [0.05, 0.1) is 51.0 Å². The topological polar surface area (TPSA) is 57.4 Å². The fourth-order valence-electron chi connectivity index (χ4n) is 8.60. The summed E-state index contributed by atoms with van der Waals surface area (Å²) in [5, 5.41) is 25.0. The van der Waals surface area contributed by atoms with Gasteiger partial charge in [-0.2, -0.15) is 10.5 Å². The van der Waals surface area contributed by atoms with Crippen molar-refractivity contribution < 1.29 is 0 Å². The number of hydrogen-bond acceptors (Lipinski definition) is 2. The third kappa shape index (κ3) is 5.89. The van der Waals surface area contributed by atoms with Gasteiger partial charge in [-0.15, -0.1) is 0 Å². The number of aromatic nitrogens is 2. The van der Waals surface area contributed by atoms with Crippen molar-refractivity contribution in [2.24, 2.45) is 0 Å². The Labute approximate surface area is 334 Å². The lowest BCUT2D eigenvalue weighted by Crippen LogP contribution is -2.10. The maximum atomic E-state index is 10.4. The summed E-state index contributed by atoms with van der Waals surface area (Å²) in [6.45, 7) is 15.6. The Hall–Kier alpha value is -6.88. The lowest BCUT2D eigenvalue weighted by molar-refractivity contribution is 0.591. The van der Waals surface area contributed by atoms with E-state index in [9.17, 15) is 10.5 Å². The highest BCUT2D eigenvalue weighted by Crippen LogP contribution is 2.44. The van der Waals surface area contributed by atoms with Crippen LogP contribution in [0.3, 0.4) is 0 Å². The van der Waals surface area contributed by atoms with Gasteiger partial charge in [0, 0.05) is 32.8 Å². The zero-order valence-corrected chi connectivity index (χ0v) is 33.6. The molecule has 7 aromatic carbocycles. The quantitative estimate of drug-likeness (QED) is 0.181. The number of rotatable bonds is 4. The molecule has 0 aliphatic rings. The molecule has 0 N–H and O–H groups in total. The van der Waals surface area contributed by atoms with Crippen molar-refractivity contribution in [1.29, 1.82) is 10.5 Å². The number of benzene rings is 7. The molecule has 0 unspecified atom stereocenters. The molecule has 0 saturated heterocycles. The maximum absolute atomic E-state index is 10.4. The Bertz CT molecular complexity index is 3180. The number of para-hydroxylation sites is 2. The number of fused-ring (bicyclic) bond motifs is 6. The molecular weight excluding hydrogens is 693 g/mol. The monoisotopic (exact) mass is 736 g/mol. The first kappa shape index (κ1) is 35.8. The molecule has 9 rings (SSSR count). The minimum absolute atomic E-state index is 0.00752. The van der Waals surface area contributed by atoms with Gasteiger partial charge >= 0.3 is 0 Å². The first-order chi connectivity index (χ1) is 27.4. The average Bonchev–Trinajstić information content (AvgIpc) is 3.72. The van der Waals surface area contributed by atoms with Crippen molar-refractivity contribution in [3.63, 3.8) is 0 Å². The Morgan fingerprint density at radius 2 is 0.930 bits per heavy atom. The van der Waals surface area contributed by atoms with E-state index in [1.165, 1.54) is 32.7 Å². The Kier molecular flexibility index (Phi) is 8.24. The highest BCUT2D eigenvalue weighted by molar-refractivity contribution is 6.11. The van der Waals surface area contributed by atoms with Crippen LogP contribution in [0.4, 0.5) is 0 Å². The van der Waals surface area contributed by atoms with Gasteiger partial charge in [-0.05, 0) is 130 Å². The Morgan fingerprint density at radius 1 is 0.421 bits per heavy atom. The van der Waals surface area contributed by atoms with Crippen LogP contribution in [0.25, 0.3) is 77.2 Å². The summed E-state index contributed by atoms with van der Waals surface area (Å²) in [4.78, 5) is 0. The zero-order chi connectivity index (χ0) is 39.8. The van der Waals surface area contributed by atoms with Crippen LogP contribution in [-0.4, -0.2) is 9.13 Å². The summed E-state index contributed by atoms with van der Waals surface area (Å²) < 4.78 is 4.74. The van der Waals surface area contributed by atoms with Gasteiger partial charge in [-0.3, -0.25) is 0 Å². The highest BCUT2D eigenvalue weighted by atomic mass is 15.0. The fraction of sp³-hybridized carbons (Fsp3) is 0.170. The predicted octanol–water partition coefficient (Wildman–Crippen LogP) is 13.9. The van der Waals surface area contributed by atoms with E-state index in [4.69, 9.17) is 0 Å². The van der Waals surface area contributed by atoms with Gasteiger partial charge in [0.2, 0.25) is 0 Å². The summed E-state index contributed by atoms with van der Waals surface area (Å²) in [5.41, 5.74) is 15.3. The third-order valence-electron chi connectivity index (χ3n) is 11.6. The second kappa shape index (κ2) is 13.1. The third-order valence-corrected chi connectivity index (χ3v) is 11.6. The molecule has 0 spiro atoms. The zero-order valence-electron chi connectivity index (χ0n) is 33.6. The first-order valence-electron chi connectivity index (χ1n) is 19.6. The SMILES string of the molecule is Cc1cc(C#N)ccc1-c1ccc(-n2c3ccccc3c3cc(C(C)(C)C)ccc32)cc1-c1cc(C#N)ccc1-n1c2ccccc2c2cc(C(C)(C)C)ccc21. The Balaban J connectivity index is 1.39. The average molecular weight is 737 g/mol. The van der Waals surface area contributed by atoms with Crippen LogP contribution in [0.1, 0.15) is 69.4 Å². The summed E-state index contributed by atoms with van der Waals surface area (Å²) >= 11 is 0. The van der Waals surface area contributed by atoms with E-state index < -0.39 is 0 Å². The second-order valence-corrected chi connectivity index (χ2v) is 17.4. The maximum Gasteiger partial charge on any atom is 0.0991 e. The van der Waals surface area contributed by atoms with Crippen molar-refractivity contribution in [1.82, 2.24) is 9.13 Å². The van der Waals surface area contributed by atoms with Gasteiger partial charge in [-0.25, -0.2) is 0 Å². The van der Waals surface area contributed by atoms with E-state index in [1.807, 2.05) is 24.3 Å². The molecule has 4 heteroatoms. The van der Waals surface area contributed by atoms with E-state index in [-0.39, 0.29) is 10.8 Å². The molecule has 0 saturated carbocycles. The molecular formula is C53H44N4. The van der Waals surface area contributed by atoms with Gasteiger partial charge < -0.3 is 9.13 Å². The van der Waals surface area contributed by atoms with Crippen molar-refractivity contribution in [3.05, 3.63) is 167 Å². The smallest absolute Gasteiger partial charge is 0.0991 e. The molecule has 57 heavy (non-hydrogen) atoms. The van der Waals surface area contributed by atoms with Crippen molar-refractivity contribution >= 4 is 43.6 Å². The summed E-state index contributed by atoms with van der Waals surface area (Å²) in [7, 11) is 0. The molecule has 0 atom stereocenters. The normalized spacial score (nSPS) is 12.1. The number of hydrogen-bond donors (Lipinski definition) is 0. The molecule has 4 nitrogen and oxygen atoms in total. The van der Waals surface area contributed by atoms with Gasteiger partial charge in [0.25, 0.3) is 0 Å². The minimum Gasteiger partial charge on any atom is -0.309 e. The van der Waals surface area contributed by atoms with Crippen LogP contribution in [0, 0.1) is 29.6 Å². The molecule has 0 aliphatic heterocycles. The van der Waals surface area contributed by atoms with E-state index in [0.717, 1.165) is 61.3 Å². The molecule has 9 aromatic rings. The molecule has 276 valence electrons. The van der Waals surface area contributed by atoms with E-state index in [1.54, 1.807) is 0 Å². The van der Waals surface area contributed by atoms with Crippen LogP contribution < -0.4 is 0 Å². The molecule has 0 amide bonds. The summed E-state index contributed by atoms with van der Waals surface area (Å²) in [5.74, 6) is 0. The van der Waals surface area contributed by atoms with Gasteiger partial charge in [-0.1, -0.05) is 102 Å². The Morgan fingerprint density at radius 3 is 1.51 bits per heavy atom. The van der Waals surface area contributed by atoms with Crippen molar-refractivity contribution in [3.8, 4) is 45.8 Å². The molecule has 2 aromatic heterocycles. The van der Waals surface area contributed by atoms with Crippen LogP contribution in [0.5, 0.6) is 0 Å². The highest BCUT2D eigenvalue weighted by Gasteiger charge is 2.23. The molecule has 0 fully saturated rings. The minimum atomic E-state index is -0.00752. The van der Waals surface area contributed by atoms with Crippen molar-refractivity contribution in [2.45, 2.75) is 59.3 Å². The fourth-order valence-corrected chi connectivity index (χ4v) is 8.60. The number of nitriles is 2. The molecule has 0 bridgehead atoms. The lowest BCUT2D eigenvalue weighted by atomic mass is 9.86. The largest absolute Gasteiger partial charge is 0.309 e. The van der Waals surface area contributed by atoms with E-state index in [0.29, 0.717) is 11.1 Å². The first-order valence-corrected chi connectivity index (χ1v) is 19.6. The van der Waals surface area contributed by atoms with Crippen LogP contribution in [0.2, 0.25) is 0 Å². The summed E-state index contributed by atoms with van der Waals surface area (Å²) in [6.07, 6.45) is 0. The van der Waals surface area contributed by atoms with Crippen LogP contribution >= 0.6 is 0 Å². The summed E-state index contributed by atoms with van der Waals surface area (Å²) in [6, 6.07) is 54.5. The van der Waals surface area contributed by atoms with E-state index >= 15 is 0 Å². The predicted molar refractivity (Wildman–Crippen MR) is 238 cm³/mol. The second-order valence-electron chi connectivity index (χ2n) is 17.4. The molecule has 2 heterocycles. The molecule has 0 aliphatic carbocycles. The van der Waals surface area contributed by atoms with Gasteiger partial charge in [0.15, 0.2) is 0 Å². The van der Waals surface area contributed by atoms with Crippen LogP contribution in [0.15, 0.2) is 140 Å².